The average molecular weight is 280 g/mol. The Kier molecular flexibility index (Phi) is 5.55. The molecule has 1 aliphatic rings. The zero-order chi connectivity index (χ0) is 14.4. The van der Waals surface area contributed by atoms with Gasteiger partial charge in [0.25, 0.3) is 0 Å². The molecule has 1 aliphatic heterocycles. The maximum atomic E-state index is 5.82. The van der Waals surface area contributed by atoms with E-state index in [2.05, 4.69) is 22.2 Å². The van der Waals surface area contributed by atoms with Gasteiger partial charge in [-0.3, -0.25) is 0 Å². The van der Waals surface area contributed by atoms with Crippen molar-refractivity contribution < 1.29 is 9.47 Å². The molecule has 0 spiro atoms. The molecule has 6 heteroatoms. The second kappa shape index (κ2) is 7.40. The van der Waals surface area contributed by atoms with Crippen molar-refractivity contribution in [1.82, 2.24) is 9.97 Å². The first-order valence-corrected chi connectivity index (χ1v) is 7.24. The second-order valence-corrected chi connectivity index (χ2v) is 5.11. The molecule has 1 aromatic heterocycles. The number of anilines is 2. The Morgan fingerprint density at radius 2 is 2.20 bits per heavy atom. The second-order valence-electron chi connectivity index (χ2n) is 5.11. The van der Waals surface area contributed by atoms with Gasteiger partial charge in [0.15, 0.2) is 5.82 Å². The molecule has 2 rings (SSSR count). The fraction of sp³-hybridized carbons (Fsp3) is 0.714. The number of aromatic nitrogens is 2. The first kappa shape index (κ1) is 15.0. The number of nitrogens with two attached hydrogens (primary N) is 1. The normalized spacial score (nSPS) is 17.9. The van der Waals surface area contributed by atoms with E-state index in [1.807, 2.05) is 6.92 Å². The summed E-state index contributed by atoms with van der Waals surface area (Å²) in [6.07, 6.45) is 2.17. The van der Waals surface area contributed by atoms with Crippen LogP contribution in [0.1, 0.15) is 32.5 Å². The minimum Gasteiger partial charge on any atom is -0.384 e. The van der Waals surface area contributed by atoms with Gasteiger partial charge in [-0.1, -0.05) is 0 Å². The molecule has 1 saturated heterocycles. The van der Waals surface area contributed by atoms with Gasteiger partial charge in [-0.15, -0.1) is 0 Å². The van der Waals surface area contributed by atoms with E-state index in [1.165, 1.54) is 0 Å². The molecule has 1 fully saturated rings. The van der Waals surface area contributed by atoms with E-state index in [4.69, 9.17) is 15.2 Å². The Labute approximate surface area is 120 Å². The number of hydrogen-bond donors (Lipinski definition) is 2. The molecule has 112 valence electrons. The highest BCUT2D eigenvalue weighted by Crippen LogP contribution is 2.21. The lowest BCUT2D eigenvalue weighted by Gasteiger charge is -2.28. The molecule has 0 aromatic carbocycles. The molecular formula is C14H24N4O2. The van der Waals surface area contributed by atoms with E-state index in [1.54, 1.807) is 6.07 Å². The van der Waals surface area contributed by atoms with E-state index in [0.29, 0.717) is 36.8 Å². The maximum Gasteiger partial charge on any atom is 0.158 e. The standard InChI is InChI=1S/C14H24N4O2/c1-3-19-9-14-17-12(15)8-13(18-14)16-10(2)11-4-6-20-7-5-11/h8,10-11H,3-7,9H2,1-2H3,(H3,15,16,17,18). The SMILES string of the molecule is CCOCc1nc(N)cc(NC(C)C2CCOCC2)n1. The molecule has 1 aromatic rings. The molecule has 0 saturated carbocycles. The summed E-state index contributed by atoms with van der Waals surface area (Å²) in [5.74, 6) is 2.46. The van der Waals surface area contributed by atoms with Gasteiger partial charge >= 0.3 is 0 Å². The van der Waals surface area contributed by atoms with E-state index < -0.39 is 0 Å². The van der Waals surface area contributed by atoms with Gasteiger partial charge < -0.3 is 20.5 Å². The van der Waals surface area contributed by atoms with Crippen LogP contribution in [0.2, 0.25) is 0 Å². The van der Waals surface area contributed by atoms with Crippen LogP contribution in [0.5, 0.6) is 0 Å². The third-order valence-electron chi connectivity index (χ3n) is 3.58. The van der Waals surface area contributed by atoms with Crippen molar-refractivity contribution in [2.75, 3.05) is 30.9 Å². The van der Waals surface area contributed by atoms with Crippen molar-refractivity contribution in [3.05, 3.63) is 11.9 Å². The fourth-order valence-electron chi connectivity index (χ4n) is 2.42. The largest absolute Gasteiger partial charge is 0.384 e. The van der Waals surface area contributed by atoms with Crippen LogP contribution in [0.15, 0.2) is 6.07 Å². The summed E-state index contributed by atoms with van der Waals surface area (Å²) in [6, 6.07) is 2.11. The summed E-state index contributed by atoms with van der Waals surface area (Å²) in [7, 11) is 0. The van der Waals surface area contributed by atoms with Crippen LogP contribution in [-0.2, 0) is 16.1 Å². The molecule has 0 amide bonds. The lowest BCUT2D eigenvalue weighted by molar-refractivity contribution is 0.0622. The topological polar surface area (TPSA) is 82.3 Å². The molecule has 0 bridgehead atoms. The molecule has 0 radical (unpaired) electrons. The van der Waals surface area contributed by atoms with Gasteiger partial charge in [0, 0.05) is 31.9 Å². The molecule has 0 aliphatic carbocycles. The van der Waals surface area contributed by atoms with Gasteiger partial charge in [0.05, 0.1) is 0 Å². The minimum atomic E-state index is 0.341. The van der Waals surface area contributed by atoms with Crippen LogP contribution in [0, 0.1) is 5.92 Å². The molecule has 20 heavy (non-hydrogen) atoms. The minimum absolute atomic E-state index is 0.341. The third-order valence-corrected chi connectivity index (χ3v) is 3.58. The molecule has 1 atom stereocenters. The van der Waals surface area contributed by atoms with Crippen molar-refractivity contribution in [2.45, 2.75) is 39.3 Å². The van der Waals surface area contributed by atoms with Gasteiger partial charge in [0.2, 0.25) is 0 Å². The third kappa shape index (κ3) is 4.31. The highest BCUT2D eigenvalue weighted by molar-refractivity contribution is 5.45. The van der Waals surface area contributed by atoms with Crippen LogP contribution in [0.3, 0.4) is 0 Å². The van der Waals surface area contributed by atoms with E-state index in [9.17, 15) is 0 Å². The summed E-state index contributed by atoms with van der Waals surface area (Å²) >= 11 is 0. The number of nitrogens with one attached hydrogen (secondary N) is 1. The van der Waals surface area contributed by atoms with Crippen molar-refractivity contribution in [3.8, 4) is 0 Å². The van der Waals surface area contributed by atoms with Crippen molar-refractivity contribution in [1.29, 1.82) is 0 Å². The molecule has 6 nitrogen and oxygen atoms in total. The Bertz CT molecular complexity index is 422. The van der Waals surface area contributed by atoms with Crippen LogP contribution in [-0.4, -0.2) is 35.8 Å². The van der Waals surface area contributed by atoms with Crippen LogP contribution in [0.4, 0.5) is 11.6 Å². The first-order chi connectivity index (χ1) is 9.69. The Morgan fingerprint density at radius 3 is 2.90 bits per heavy atom. The van der Waals surface area contributed by atoms with Gasteiger partial charge in [-0.05, 0) is 32.6 Å². The highest BCUT2D eigenvalue weighted by atomic mass is 16.5. The highest BCUT2D eigenvalue weighted by Gasteiger charge is 2.20. The Morgan fingerprint density at radius 1 is 1.45 bits per heavy atom. The van der Waals surface area contributed by atoms with Gasteiger partial charge in [-0.2, -0.15) is 0 Å². The predicted octanol–water partition coefficient (Wildman–Crippen LogP) is 1.82. The summed E-state index contributed by atoms with van der Waals surface area (Å²) in [6.45, 7) is 6.84. The molecule has 2 heterocycles. The van der Waals surface area contributed by atoms with E-state index in [0.717, 1.165) is 31.9 Å². The van der Waals surface area contributed by atoms with E-state index >= 15 is 0 Å². The number of rotatable bonds is 6. The van der Waals surface area contributed by atoms with Crippen molar-refractivity contribution in [2.24, 2.45) is 5.92 Å². The van der Waals surface area contributed by atoms with E-state index in [-0.39, 0.29) is 0 Å². The maximum absolute atomic E-state index is 5.82. The number of hydrogen-bond acceptors (Lipinski definition) is 6. The monoisotopic (exact) mass is 280 g/mol. The summed E-state index contributed by atoms with van der Waals surface area (Å²) in [4.78, 5) is 8.62. The smallest absolute Gasteiger partial charge is 0.158 e. The molecule has 1 unspecified atom stereocenters. The zero-order valence-corrected chi connectivity index (χ0v) is 12.3. The van der Waals surface area contributed by atoms with Crippen LogP contribution < -0.4 is 11.1 Å². The van der Waals surface area contributed by atoms with Gasteiger partial charge in [-0.25, -0.2) is 9.97 Å². The fourth-order valence-corrected chi connectivity index (χ4v) is 2.42. The Hall–Kier alpha value is -1.40. The summed E-state index contributed by atoms with van der Waals surface area (Å²) in [5.41, 5.74) is 5.82. The lowest BCUT2D eigenvalue weighted by atomic mass is 9.93. The molecular weight excluding hydrogens is 256 g/mol. The van der Waals surface area contributed by atoms with Crippen LogP contribution in [0.25, 0.3) is 0 Å². The quantitative estimate of drug-likeness (QED) is 0.827. The van der Waals surface area contributed by atoms with Crippen molar-refractivity contribution >= 4 is 11.6 Å². The first-order valence-electron chi connectivity index (χ1n) is 7.24. The summed E-state index contributed by atoms with van der Waals surface area (Å²) < 4.78 is 10.7. The molecule has 3 N–H and O–H groups in total. The average Bonchev–Trinajstić information content (AvgIpc) is 2.45. The number of nitrogens with zero attached hydrogens (tertiary/aromatic N) is 2. The zero-order valence-electron chi connectivity index (χ0n) is 12.3. The van der Waals surface area contributed by atoms with Gasteiger partial charge in [0.1, 0.15) is 18.2 Å². The van der Waals surface area contributed by atoms with Crippen molar-refractivity contribution in [3.63, 3.8) is 0 Å². The summed E-state index contributed by atoms with van der Waals surface area (Å²) in [5, 5.41) is 3.43. The lowest BCUT2D eigenvalue weighted by Crippen LogP contribution is -2.31. The predicted molar refractivity (Wildman–Crippen MR) is 78.4 cm³/mol. The Balaban J connectivity index is 1.98. The number of nitrogen functional groups attached to an aromatic ring is 1. The number of ether oxygens (including phenoxy) is 2. The van der Waals surface area contributed by atoms with Crippen LogP contribution >= 0.6 is 0 Å².